The molecule has 28 heavy (non-hydrogen) atoms. The highest BCUT2D eigenvalue weighted by Crippen LogP contribution is 2.35. The average Bonchev–Trinajstić information content (AvgIpc) is 3.08. The maximum atomic E-state index is 12.6. The number of fused-ring (bicyclic) bond motifs is 1. The van der Waals surface area contributed by atoms with E-state index in [9.17, 15) is 9.59 Å². The summed E-state index contributed by atoms with van der Waals surface area (Å²) < 4.78 is 16.8. The summed E-state index contributed by atoms with van der Waals surface area (Å²) in [4.78, 5) is 29.5. The highest BCUT2D eigenvalue weighted by Gasteiger charge is 2.40. The van der Waals surface area contributed by atoms with Crippen molar-refractivity contribution >= 4 is 11.7 Å². The predicted molar refractivity (Wildman–Crippen MR) is 104 cm³/mol. The van der Waals surface area contributed by atoms with E-state index in [2.05, 4.69) is 4.98 Å². The summed E-state index contributed by atoms with van der Waals surface area (Å²) in [5.74, 6) is -0.642. The van der Waals surface area contributed by atoms with Crippen molar-refractivity contribution in [2.75, 3.05) is 13.1 Å². The lowest BCUT2D eigenvalue weighted by Gasteiger charge is -2.33. The van der Waals surface area contributed by atoms with Gasteiger partial charge in [0.25, 0.3) is 11.3 Å². The van der Waals surface area contributed by atoms with Gasteiger partial charge in [-0.05, 0) is 50.8 Å². The first kappa shape index (κ1) is 18.7. The van der Waals surface area contributed by atoms with Gasteiger partial charge in [-0.25, -0.2) is 4.79 Å². The van der Waals surface area contributed by atoms with Crippen LogP contribution in [0.5, 0.6) is 0 Å². The Labute approximate surface area is 164 Å². The number of aromatic amines is 1. The standard InChI is InChI=1S/C21H26N2O5/c1-20(2,3)28-19(25)23-8-5-14(6-9-23)16-12-15-13-21(26-10-11-27-21)7-4-17(15)22-18(16)24/h5,10-12H,4,6-9,13H2,1-3H3,(H,22,24). The molecule has 1 aliphatic carbocycles. The number of hydrogen-bond donors (Lipinski definition) is 1. The molecule has 4 rings (SSSR count). The van der Waals surface area contributed by atoms with Gasteiger partial charge in [0.15, 0.2) is 0 Å². The Bertz CT molecular complexity index is 898. The van der Waals surface area contributed by atoms with Crippen LogP contribution in [0.15, 0.2) is 29.5 Å². The van der Waals surface area contributed by atoms with Crippen molar-refractivity contribution in [1.29, 1.82) is 0 Å². The quantitative estimate of drug-likeness (QED) is 0.802. The zero-order valence-corrected chi connectivity index (χ0v) is 16.5. The van der Waals surface area contributed by atoms with Gasteiger partial charge in [0.05, 0.1) is 6.42 Å². The molecule has 1 amide bonds. The molecule has 1 aromatic rings. The largest absolute Gasteiger partial charge is 0.456 e. The fourth-order valence-electron chi connectivity index (χ4n) is 3.86. The molecule has 0 radical (unpaired) electrons. The first-order valence-corrected chi connectivity index (χ1v) is 9.68. The van der Waals surface area contributed by atoms with E-state index in [-0.39, 0.29) is 11.7 Å². The Morgan fingerprint density at radius 3 is 2.64 bits per heavy atom. The number of aromatic nitrogens is 1. The van der Waals surface area contributed by atoms with Crippen LogP contribution in [0.2, 0.25) is 0 Å². The van der Waals surface area contributed by atoms with Gasteiger partial charge in [-0.15, -0.1) is 0 Å². The molecule has 7 heteroatoms. The van der Waals surface area contributed by atoms with Gasteiger partial charge in [0, 0.05) is 30.8 Å². The number of carbonyl (C=O) groups excluding carboxylic acids is 1. The molecule has 1 N–H and O–H groups in total. The lowest BCUT2D eigenvalue weighted by Crippen LogP contribution is -2.40. The molecule has 0 atom stereocenters. The summed E-state index contributed by atoms with van der Waals surface area (Å²) in [7, 11) is 0. The molecule has 3 heterocycles. The molecule has 0 fully saturated rings. The molecule has 0 aromatic carbocycles. The maximum Gasteiger partial charge on any atom is 0.410 e. The second kappa shape index (κ2) is 6.72. The topological polar surface area (TPSA) is 80.9 Å². The number of H-pyrrole nitrogens is 1. The number of nitrogens with one attached hydrogen (secondary N) is 1. The Morgan fingerprint density at radius 2 is 2.00 bits per heavy atom. The minimum Gasteiger partial charge on any atom is -0.456 e. The van der Waals surface area contributed by atoms with Crippen molar-refractivity contribution in [3.05, 3.63) is 51.8 Å². The monoisotopic (exact) mass is 386 g/mol. The number of ether oxygens (including phenoxy) is 3. The third kappa shape index (κ3) is 3.66. The van der Waals surface area contributed by atoms with Crippen LogP contribution in [0.25, 0.3) is 5.57 Å². The number of hydrogen-bond acceptors (Lipinski definition) is 5. The minimum absolute atomic E-state index is 0.0851. The van der Waals surface area contributed by atoms with E-state index in [0.717, 1.165) is 16.8 Å². The predicted octanol–water partition coefficient (Wildman–Crippen LogP) is 3.10. The first-order valence-electron chi connectivity index (χ1n) is 9.68. The van der Waals surface area contributed by atoms with Crippen LogP contribution in [0, 0.1) is 0 Å². The van der Waals surface area contributed by atoms with E-state index in [1.165, 1.54) is 0 Å². The highest BCUT2D eigenvalue weighted by atomic mass is 16.7. The van der Waals surface area contributed by atoms with Crippen LogP contribution >= 0.6 is 0 Å². The van der Waals surface area contributed by atoms with Gasteiger partial charge in [-0.3, -0.25) is 4.79 Å². The molecule has 7 nitrogen and oxygen atoms in total. The highest BCUT2D eigenvalue weighted by molar-refractivity contribution is 5.72. The van der Waals surface area contributed by atoms with E-state index in [0.29, 0.717) is 44.3 Å². The molecule has 2 aliphatic heterocycles. The Kier molecular flexibility index (Phi) is 4.48. The van der Waals surface area contributed by atoms with Crippen molar-refractivity contribution < 1.29 is 19.0 Å². The smallest absolute Gasteiger partial charge is 0.410 e. The number of rotatable bonds is 1. The molecular formula is C21H26N2O5. The van der Waals surface area contributed by atoms with Crippen molar-refractivity contribution in [2.24, 2.45) is 0 Å². The lowest BCUT2D eigenvalue weighted by molar-refractivity contribution is -0.148. The molecule has 1 spiro atoms. The maximum absolute atomic E-state index is 12.6. The average molecular weight is 386 g/mol. The molecular weight excluding hydrogens is 360 g/mol. The molecule has 0 bridgehead atoms. The Hall–Kier alpha value is -2.70. The summed E-state index contributed by atoms with van der Waals surface area (Å²) in [5, 5.41) is 0. The third-order valence-corrected chi connectivity index (χ3v) is 5.26. The number of amides is 1. The molecule has 0 saturated carbocycles. The lowest BCUT2D eigenvalue weighted by atomic mass is 9.88. The number of aryl methyl sites for hydroxylation is 1. The van der Waals surface area contributed by atoms with Crippen molar-refractivity contribution in [3.8, 4) is 0 Å². The van der Waals surface area contributed by atoms with Crippen LogP contribution in [0.3, 0.4) is 0 Å². The third-order valence-electron chi connectivity index (χ3n) is 5.26. The van der Waals surface area contributed by atoms with Crippen LogP contribution in [0.1, 0.15) is 50.4 Å². The fourth-order valence-corrected chi connectivity index (χ4v) is 3.86. The number of pyridine rings is 1. The summed E-state index contributed by atoms with van der Waals surface area (Å²) in [6, 6.07) is 1.95. The second-order valence-electron chi connectivity index (χ2n) is 8.52. The zero-order chi connectivity index (χ0) is 19.9. The minimum atomic E-state index is -0.642. The van der Waals surface area contributed by atoms with E-state index < -0.39 is 11.4 Å². The van der Waals surface area contributed by atoms with Gasteiger partial charge >= 0.3 is 6.09 Å². The van der Waals surface area contributed by atoms with Crippen LogP contribution in [-0.2, 0) is 27.1 Å². The summed E-state index contributed by atoms with van der Waals surface area (Å²) >= 11 is 0. The molecule has 150 valence electrons. The normalized spacial score (nSPS) is 20.2. The molecule has 0 saturated heterocycles. The van der Waals surface area contributed by atoms with Gasteiger partial charge in [0.1, 0.15) is 18.1 Å². The van der Waals surface area contributed by atoms with Crippen molar-refractivity contribution in [3.63, 3.8) is 0 Å². The second-order valence-corrected chi connectivity index (χ2v) is 8.52. The Balaban J connectivity index is 1.52. The van der Waals surface area contributed by atoms with Crippen LogP contribution in [-0.4, -0.2) is 40.5 Å². The van der Waals surface area contributed by atoms with E-state index >= 15 is 0 Å². The van der Waals surface area contributed by atoms with Gasteiger partial charge < -0.3 is 24.1 Å². The number of nitrogens with zero attached hydrogens (tertiary/aromatic N) is 1. The SMILES string of the molecule is CC(C)(C)OC(=O)N1CC=C(c2cc3c([nH]c2=O)CCC2(C3)OC=CO2)CC1. The van der Waals surface area contributed by atoms with E-state index in [1.54, 1.807) is 17.4 Å². The molecule has 3 aliphatic rings. The zero-order valence-electron chi connectivity index (χ0n) is 16.5. The van der Waals surface area contributed by atoms with Gasteiger partial charge in [-0.2, -0.15) is 0 Å². The molecule has 0 unspecified atom stereocenters. The van der Waals surface area contributed by atoms with E-state index in [1.807, 2.05) is 32.9 Å². The summed E-state index contributed by atoms with van der Waals surface area (Å²) in [5.41, 5.74) is 3.00. The fraction of sp³-hybridized carbons (Fsp3) is 0.524. The van der Waals surface area contributed by atoms with E-state index in [4.69, 9.17) is 14.2 Å². The van der Waals surface area contributed by atoms with Gasteiger partial charge in [0.2, 0.25) is 0 Å². The van der Waals surface area contributed by atoms with Crippen LogP contribution in [0.4, 0.5) is 4.79 Å². The summed E-state index contributed by atoms with van der Waals surface area (Å²) in [6.45, 7) is 6.51. The van der Waals surface area contributed by atoms with Crippen molar-refractivity contribution in [2.45, 2.75) is 57.8 Å². The summed E-state index contributed by atoms with van der Waals surface area (Å²) in [6.07, 6.45) is 7.38. The first-order chi connectivity index (χ1) is 13.2. The van der Waals surface area contributed by atoms with Crippen molar-refractivity contribution in [1.82, 2.24) is 9.88 Å². The Morgan fingerprint density at radius 1 is 1.25 bits per heavy atom. The molecule has 1 aromatic heterocycles. The van der Waals surface area contributed by atoms with Crippen LogP contribution < -0.4 is 5.56 Å². The number of carbonyl (C=O) groups is 1. The van der Waals surface area contributed by atoms with Gasteiger partial charge in [-0.1, -0.05) is 6.08 Å².